The number of amides is 1. The van der Waals surface area contributed by atoms with Gasteiger partial charge in [0.05, 0.1) is 11.6 Å². The van der Waals surface area contributed by atoms with Crippen molar-refractivity contribution in [3.8, 4) is 6.07 Å². The quantitative estimate of drug-likeness (QED) is 0.848. The summed E-state index contributed by atoms with van der Waals surface area (Å²) in [4.78, 5) is 23.7. The van der Waals surface area contributed by atoms with Crippen LogP contribution in [0.25, 0.3) is 0 Å². The number of ether oxygens (including phenoxy) is 1. The molecule has 1 aromatic rings. The van der Waals surface area contributed by atoms with Gasteiger partial charge in [0, 0.05) is 12.1 Å². The fraction of sp³-hybridized carbons (Fsp3) is 0.500. The van der Waals surface area contributed by atoms with Crippen molar-refractivity contribution in [2.45, 2.75) is 32.1 Å². The van der Waals surface area contributed by atoms with Crippen molar-refractivity contribution < 1.29 is 14.3 Å². The topological polar surface area (TPSA) is 79.2 Å². The SMILES string of the molecule is N#Cc1cccc(NC(=O)COC(=O)C[C@H]2C[C@@H]3CC[C@H]2C3)c1. The predicted molar refractivity (Wildman–Crippen MR) is 84.3 cm³/mol. The van der Waals surface area contributed by atoms with Crippen molar-refractivity contribution in [2.24, 2.45) is 17.8 Å². The third-order valence-corrected chi connectivity index (χ3v) is 4.95. The van der Waals surface area contributed by atoms with Gasteiger partial charge in [-0.1, -0.05) is 12.5 Å². The number of hydrogen-bond donors (Lipinski definition) is 1. The Bertz CT molecular complexity index is 650. The van der Waals surface area contributed by atoms with E-state index in [-0.39, 0.29) is 18.5 Å². The Morgan fingerprint density at radius 3 is 2.87 bits per heavy atom. The Kier molecular flexibility index (Phi) is 4.61. The fourth-order valence-corrected chi connectivity index (χ4v) is 3.91. The number of nitrogens with one attached hydrogen (secondary N) is 1. The highest BCUT2D eigenvalue weighted by Gasteiger charge is 2.40. The van der Waals surface area contributed by atoms with Crippen molar-refractivity contribution in [3.05, 3.63) is 29.8 Å². The summed E-state index contributed by atoms with van der Waals surface area (Å²) >= 11 is 0. The molecule has 0 aromatic heterocycles. The lowest BCUT2D eigenvalue weighted by Crippen LogP contribution is -2.23. The second kappa shape index (κ2) is 6.82. The van der Waals surface area contributed by atoms with Gasteiger partial charge in [0.15, 0.2) is 6.61 Å². The molecule has 5 nitrogen and oxygen atoms in total. The maximum absolute atomic E-state index is 11.9. The van der Waals surface area contributed by atoms with Gasteiger partial charge in [-0.25, -0.2) is 0 Å². The number of carbonyl (C=O) groups excluding carboxylic acids is 2. The molecule has 0 saturated heterocycles. The van der Waals surface area contributed by atoms with Gasteiger partial charge in [-0.05, 0) is 55.2 Å². The minimum absolute atomic E-state index is 0.281. The molecule has 2 aliphatic carbocycles. The first kappa shape index (κ1) is 15.5. The third-order valence-electron chi connectivity index (χ3n) is 4.95. The number of nitrogens with zero attached hydrogens (tertiary/aromatic N) is 1. The molecule has 5 heteroatoms. The number of fused-ring (bicyclic) bond motifs is 2. The van der Waals surface area contributed by atoms with Crippen molar-refractivity contribution in [1.29, 1.82) is 5.26 Å². The Morgan fingerprint density at radius 2 is 2.17 bits per heavy atom. The summed E-state index contributed by atoms with van der Waals surface area (Å²) in [6.45, 7) is -0.281. The number of hydrogen-bond acceptors (Lipinski definition) is 4. The van der Waals surface area contributed by atoms with E-state index >= 15 is 0 Å². The smallest absolute Gasteiger partial charge is 0.306 e. The van der Waals surface area contributed by atoms with Gasteiger partial charge in [0.1, 0.15) is 0 Å². The van der Waals surface area contributed by atoms with Crippen LogP contribution in [-0.2, 0) is 14.3 Å². The molecule has 3 atom stereocenters. The molecule has 1 aromatic carbocycles. The summed E-state index contributed by atoms with van der Waals surface area (Å²) in [5, 5.41) is 11.4. The first-order valence-electron chi connectivity index (χ1n) is 8.09. The van der Waals surface area contributed by atoms with Crippen LogP contribution in [0.1, 0.15) is 37.7 Å². The monoisotopic (exact) mass is 312 g/mol. The molecule has 23 heavy (non-hydrogen) atoms. The van der Waals surface area contributed by atoms with Crippen LogP contribution in [0.3, 0.4) is 0 Å². The molecule has 0 radical (unpaired) electrons. The minimum atomic E-state index is -0.388. The molecule has 2 bridgehead atoms. The highest BCUT2D eigenvalue weighted by atomic mass is 16.5. The van der Waals surface area contributed by atoms with Crippen LogP contribution < -0.4 is 5.32 Å². The van der Waals surface area contributed by atoms with E-state index in [0.717, 1.165) is 12.3 Å². The second-order valence-electron chi connectivity index (χ2n) is 6.54. The van der Waals surface area contributed by atoms with Crippen LogP contribution in [0.4, 0.5) is 5.69 Å². The van der Waals surface area contributed by atoms with Crippen molar-refractivity contribution in [3.63, 3.8) is 0 Å². The van der Waals surface area contributed by atoms with E-state index < -0.39 is 0 Å². The minimum Gasteiger partial charge on any atom is -0.456 e. The molecule has 0 aliphatic heterocycles. The van der Waals surface area contributed by atoms with E-state index in [1.807, 2.05) is 6.07 Å². The first-order valence-corrected chi connectivity index (χ1v) is 8.09. The summed E-state index contributed by atoms with van der Waals surface area (Å²) in [5.41, 5.74) is 0.995. The molecule has 2 aliphatic rings. The van der Waals surface area contributed by atoms with E-state index in [9.17, 15) is 9.59 Å². The summed E-state index contributed by atoms with van der Waals surface area (Å²) in [6, 6.07) is 8.62. The van der Waals surface area contributed by atoms with Gasteiger partial charge in [0.25, 0.3) is 5.91 Å². The molecule has 3 rings (SSSR count). The Labute approximate surface area is 135 Å². The number of carbonyl (C=O) groups is 2. The van der Waals surface area contributed by atoms with Gasteiger partial charge in [-0.2, -0.15) is 5.26 Å². The predicted octanol–water partition coefficient (Wildman–Crippen LogP) is 2.87. The normalized spacial score (nSPS) is 24.9. The Morgan fingerprint density at radius 1 is 1.30 bits per heavy atom. The third kappa shape index (κ3) is 3.89. The fourth-order valence-electron chi connectivity index (χ4n) is 3.91. The summed E-state index contributed by atoms with van der Waals surface area (Å²) in [6.07, 6.45) is 5.36. The van der Waals surface area contributed by atoms with Crippen molar-refractivity contribution in [1.82, 2.24) is 0 Å². The number of esters is 1. The lowest BCUT2D eigenvalue weighted by atomic mass is 9.86. The molecule has 0 heterocycles. The lowest BCUT2D eigenvalue weighted by molar-refractivity contribution is -0.148. The molecular weight excluding hydrogens is 292 g/mol. The summed E-state index contributed by atoms with van der Waals surface area (Å²) in [5.74, 6) is 1.24. The van der Waals surface area contributed by atoms with Crippen LogP contribution in [0.15, 0.2) is 24.3 Å². The molecule has 1 amide bonds. The largest absolute Gasteiger partial charge is 0.456 e. The highest BCUT2D eigenvalue weighted by molar-refractivity contribution is 5.92. The van der Waals surface area contributed by atoms with Crippen LogP contribution in [0, 0.1) is 29.1 Å². The molecule has 2 fully saturated rings. The highest BCUT2D eigenvalue weighted by Crippen LogP contribution is 2.49. The summed E-state index contributed by atoms with van der Waals surface area (Å²) in [7, 11) is 0. The van der Waals surface area contributed by atoms with Crippen molar-refractivity contribution in [2.75, 3.05) is 11.9 Å². The number of anilines is 1. The van der Waals surface area contributed by atoms with E-state index in [4.69, 9.17) is 10.00 Å². The first-order chi connectivity index (χ1) is 11.1. The van der Waals surface area contributed by atoms with Gasteiger partial charge in [-0.3, -0.25) is 9.59 Å². The number of nitriles is 1. The Hall–Kier alpha value is -2.35. The maximum atomic E-state index is 11.9. The van der Waals surface area contributed by atoms with Gasteiger partial charge < -0.3 is 10.1 Å². The molecule has 2 saturated carbocycles. The van der Waals surface area contributed by atoms with E-state index in [2.05, 4.69) is 5.32 Å². The maximum Gasteiger partial charge on any atom is 0.306 e. The number of rotatable bonds is 5. The van der Waals surface area contributed by atoms with E-state index in [0.29, 0.717) is 29.5 Å². The number of benzene rings is 1. The van der Waals surface area contributed by atoms with Crippen LogP contribution in [0.2, 0.25) is 0 Å². The molecule has 120 valence electrons. The van der Waals surface area contributed by atoms with Crippen LogP contribution >= 0.6 is 0 Å². The Balaban J connectivity index is 1.41. The standard InChI is InChI=1S/C18H20N2O3/c19-10-13-2-1-3-16(8-13)20-17(21)11-23-18(22)9-15-7-12-4-5-14(15)6-12/h1-3,8,12,14-15H,4-7,9,11H2,(H,20,21)/t12-,14+,15-/m1/s1. The van der Waals surface area contributed by atoms with Crippen LogP contribution in [-0.4, -0.2) is 18.5 Å². The average molecular weight is 312 g/mol. The molecule has 0 unspecified atom stereocenters. The van der Waals surface area contributed by atoms with Gasteiger partial charge >= 0.3 is 5.97 Å². The molecule has 0 spiro atoms. The van der Waals surface area contributed by atoms with E-state index in [1.54, 1.807) is 24.3 Å². The zero-order valence-electron chi connectivity index (χ0n) is 13.0. The van der Waals surface area contributed by atoms with Crippen molar-refractivity contribution >= 4 is 17.6 Å². The van der Waals surface area contributed by atoms with Crippen LogP contribution in [0.5, 0.6) is 0 Å². The molecule has 1 N–H and O–H groups in total. The second-order valence-corrected chi connectivity index (χ2v) is 6.54. The van der Waals surface area contributed by atoms with Gasteiger partial charge in [-0.15, -0.1) is 0 Å². The zero-order chi connectivity index (χ0) is 16.2. The zero-order valence-corrected chi connectivity index (χ0v) is 13.0. The van der Waals surface area contributed by atoms with E-state index in [1.165, 1.54) is 19.3 Å². The summed E-state index contributed by atoms with van der Waals surface area (Å²) < 4.78 is 5.09. The molecular formula is C18H20N2O3. The van der Waals surface area contributed by atoms with Gasteiger partial charge in [0.2, 0.25) is 0 Å². The average Bonchev–Trinajstić information content (AvgIpc) is 3.16. The lowest BCUT2D eigenvalue weighted by Gasteiger charge is -2.20.